The molecule has 1 aromatic heterocycles. The molecule has 0 aromatic carbocycles. The van der Waals surface area contributed by atoms with Crippen molar-refractivity contribution in [1.82, 2.24) is 15.2 Å². The van der Waals surface area contributed by atoms with E-state index in [2.05, 4.69) is 24.1 Å². The Bertz CT molecular complexity index is 580. The van der Waals surface area contributed by atoms with Crippen molar-refractivity contribution in [3.8, 4) is 0 Å². The molecule has 1 heterocycles. The Balaban J connectivity index is 2.61. The third-order valence-electron chi connectivity index (χ3n) is 3.57. The molecule has 23 heavy (non-hydrogen) atoms. The number of carbonyl (C=O) groups is 2. The average molecular weight is 321 g/mol. The van der Waals surface area contributed by atoms with Crippen LogP contribution in [0.4, 0.5) is 0 Å². The number of amides is 2. The number of hydrogen-bond donors (Lipinski definition) is 2. The zero-order chi connectivity index (χ0) is 17.4. The van der Waals surface area contributed by atoms with Crippen LogP contribution in [0.5, 0.6) is 0 Å². The minimum atomic E-state index is -0.174. The zero-order valence-electron chi connectivity index (χ0n) is 14.4. The van der Waals surface area contributed by atoms with Crippen molar-refractivity contribution in [2.24, 2.45) is 11.8 Å². The third kappa shape index (κ3) is 7.63. The molecule has 2 N–H and O–H groups in total. The molecule has 0 fully saturated rings. The fourth-order valence-corrected chi connectivity index (χ4v) is 2.53. The maximum absolute atomic E-state index is 12.4. The van der Waals surface area contributed by atoms with Crippen molar-refractivity contribution in [3.05, 3.63) is 34.2 Å². The van der Waals surface area contributed by atoms with Crippen molar-refractivity contribution in [2.75, 3.05) is 13.6 Å². The molecular formula is C17H27N3O3. The maximum atomic E-state index is 12.4. The maximum Gasteiger partial charge on any atom is 0.248 e. The molecule has 1 atom stereocenters. The van der Waals surface area contributed by atoms with E-state index < -0.39 is 0 Å². The van der Waals surface area contributed by atoms with E-state index in [0.29, 0.717) is 31.1 Å². The SMILES string of the molecule is CC(=O)NC[C@H](CC(=O)N(C)Cc1cccc(=O)[nH]1)CC(C)C. The van der Waals surface area contributed by atoms with Gasteiger partial charge < -0.3 is 15.2 Å². The summed E-state index contributed by atoms with van der Waals surface area (Å²) in [5.74, 6) is 0.494. The Morgan fingerprint density at radius 2 is 2.00 bits per heavy atom. The van der Waals surface area contributed by atoms with Crippen LogP contribution in [0.1, 0.15) is 39.3 Å². The number of H-pyrrole nitrogens is 1. The van der Waals surface area contributed by atoms with Crippen LogP contribution in [0.25, 0.3) is 0 Å². The van der Waals surface area contributed by atoms with Gasteiger partial charge in [-0.3, -0.25) is 14.4 Å². The van der Waals surface area contributed by atoms with Crippen molar-refractivity contribution in [3.63, 3.8) is 0 Å². The van der Waals surface area contributed by atoms with Gasteiger partial charge in [0.2, 0.25) is 17.4 Å². The first-order valence-electron chi connectivity index (χ1n) is 7.94. The van der Waals surface area contributed by atoms with Gasteiger partial charge in [-0.05, 0) is 24.3 Å². The Morgan fingerprint density at radius 3 is 2.57 bits per heavy atom. The Kier molecular flexibility index (Phi) is 7.51. The first-order valence-corrected chi connectivity index (χ1v) is 7.94. The summed E-state index contributed by atoms with van der Waals surface area (Å²) >= 11 is 0. The second-order valence-electron chi connectivity index (χ2n) is 6.43. The summed E-state index contributed by atoms with van der Waals surface area (Å²) in [6, 6.07) is 4.90. The monoisotopic (exact) mass is 321 g/mol. The minimum Gasteiger partial charge on any atom is -0.356 e. The van der Waals surface area contributed by atoms with Crippen molar-refractivity contribution in [1.29, 1.82) is 0 Å². The molecule has 0 aliphatic carbocycles. The molecular weight excluding hydrogens is 294 g/mol. The van der Waals surface area contributed by atoms with Gasteiger partial charge in [-0.2, -0.15) is 0 Å². The lowest BCUT2D eigenvalue weighted by molar-refractivity contribution is -0.132. The third-order valence-corrected chi connectivity index (χ3v) is 3.57. The number of pyridine rings is 1. The highest BCUT2D eigenvalue weighted by Gasteiger charge is 2.19. The van der Waals surface area contributed by atoms with Crippen LogP contribution in [0.3, 0.4) is 0 Å². The van der Waals surface area contributed by atoms with Crippen molar-refractivity contribution >= 4 is 11.8 Å². The van der Waals surface area contributed by atoms with Gasteiger partial charge in [0, 0.05) is 38.7 Å². The molecule has 128 valence electrons. The number of aromatic nitrogens is 1. The molecule has 1 aromatic rings. The van der Waals surface area contributed by atoms with Gasteiger partial charge in [0.05, 0.1) is 6.54 Å². The first-order chi connectivity index (χ1) is 10.8. The molecule has 0 saturated heterocycles. The highest BCUT2D eigenvalue weighted by Crippen LogP contribution is 2.16. The van der Waals surface area contributed by atoms with E-state index in [1.807, 2.05) is 0 Å². The zero-order valence-corrected chi connectivity index (χ0v) is 14.4. The summed E-state index contributed by atoms with van der Waals surface area (Å²) in [5.41, 5.74) is 0.530. The summed E-state index contributed by atoms with van der Waals surface area (Å²) in [7, 11) is 1.72. The van der Waals surface area contributed by atoms with Crippen molar-refractivity contribution < 1.29 is 9.59 Å². The number of aromatic amines is 1. The van der Waals surface area contributed by atoms with Crippen LogP contribution in [0, 0.1) is 11.8 Å². The largest absolute Gasteiger partial charge is 0.356 e. The summed E-state index contributed by atoms with van der Waals surface area (Å²) in [6.07, 6.45) is 1.26. The number of hydrogen-bond acceptors (Lipinski definition) is 3. The number of nitrogens with zero attached hydrogens (tertiary/aromatic N) is 1. The van der Waals surface area contributed by atoms with Crippen LogP contribution < -0.4 is 10.9 Å². The molecule has 6 nitrogen and oxygen atoms in total. The Hall–Kier alpha value is -2.11. The quantitative estimate of drug-likeness (QED) is 0.761. The molecule has 0 spiro atoms. The van der Waals surface area contributed by atoms with E-state index in [0.717, 1.165) is 6.42 Å². The molecule has 1 rings (SSSR count). The molecule has 2 amide bonds. The molecule has 0 radical (unpaired) electrons. The predicted molar refractivity (Wildman–Crippen MR) is 89.8 cm³/mol. The smallest absolute Gasteiger partial charge is 0.248 e. The summed E-state index contributed by atoms with van der Waals surface area (Å²) in [5, 5.41) is 2.80. The summed E-state index contributed by atoms with van der Waals surface area (Å²) in [6.45, 7) is 6.55. The van der Waals surface area contributed by atoms with Gasteiger partial charge in [0.1, 0.15) is 0 Å². The highest BCUT2D eigenvalue weighted by atomic mass is 16.2. The second-order valence-corrected chi connectivity index (χ2v) is 6.43. The second kappa shape index (κ2) is 9.12. The topological polar surface area (TPSA) is 82.3 Å². The van der Waals surface area contributed by atoms with Crippen LogP contribution in [-0.2, 0) is 16.1 Å². The molecule has 0 aliphatic heterocycles. The van der Waals surface area contributed by atoms with Crippen LogP contribution in [-0.4, -0.2) is 35.3 Å². The normalized spacial score (nSPS) is 12.0. The van der Waals surface area contributed by atoms with Crippen molar-refractivity contribution in [2.45, 2.75) is 40.2 Å². The Labute approximate surface area is 137 Å². The molecule has 0 saturated carbocycles. The molecule has 0 bridgehead atoms. The van der Waals surface area contributed by atoms with Gasteiger partial charge >= 0.3 is 0 Å². The van der Waals surface area contributed by atoms with Gasteiger partial charge in [-0.1, -0.05) is 19.9 Å². The molecule has 0 aliphatic rings. The van der Waals surface area contributed by atoms with Crippen LogP contribution in [0.15, 0.2) is 23.0 Å². The lowest BCUT2D eigenvalue weighted by Gasteiger charge is -2.23. The van der Waals surface area contributed by atoms with Gasteiger partial charge in [-0.15, -0.1) is 0 Å². The van der Waals surface area contributed by atoms with E-state index >= 15 is 0 Å². The van der Waals surface area contributed by atoms with Gasteiger partial charge in [-0.25, -0.2) is 0 Å². The highest BCUT2D eigenvalue weighted by molar-refractivity contribution is 5.76. The van der Waals surface area contributed by atoms with Gasteiger partial charge in [0.15, 0.2) is 0 Å². The fourth-order valence-electron chi connectivity index (χ4n) is 2.53. The van der Waals surface area contributed by atoms with E-state index in [1.165, 1.54) is 13.0 Å². The Morgan fingerprint density at radius 1 is 1.30 bits per heavy atom. The summed E-state index contributed by atoms with van der Waals surface area (Å²) in [4.78, 5) is 39.1. The lowest BCUT2D eigenvalue weighted by Crippen LogP contribution is -2.33. The standard InChI is InChI=1S/C17H27N3O3/c1-12(2)8-14(10-18-13(3)21)9-17(23)20(4)11-15-6-5-7-16(22)19-15/h5-7,12,14H,8-11H2,1-4H3,(H,18,21)(H,19,22)/t14-/m0/s1. The summed E-state index contributed by atoms with van der Waals surface area (Å²) < 4.78 is 0. The van der Waals surface area contributed by atoms with Gasteiger partial charge in [0.25, 0.3) is 0 Å². The van der Waals surface area contributed by atoms with E-state index in [-0.39, 0.29) is 23.3 Å². The first kappa shape index (κ1) is 18.9. The number of carbonyl (C=O) groups excluding carboxylic acids is 2. The minimum absolute atomic E-state index is 0.00528. The molecule has 6 heteroatoms. The van der Waals surface area contributed by atoms with E-state index in [1.54, 1.807) is 24.1 Å². The molecule has 0 unspecified atom stereocenters. The fraction of sp³-hybridized carbons (Fsp3) is 0.588. The van der Waals surface area contributed by atoms with E-state index in [9.17, 15) is 14.4 Å². The average Bonchev–Trinajstić information content (AvgIpc) is 2.44. The number of rotatable bonds is 8. The van der Waals surface area contributed by atoms with Crippen LogP contribution in [0.2, 0.25) is 0 Å². The predicted octanol–water partition coefficient (Wildman–Crippen LogP) is 1.52. The lowest BCUT2D eigenvalue weighted by atomic mass is 9.93. The number of nitrogens with one attached hydrogen (secondary N) is 2. The van der Waals surface area contributed by atoms with E-state index in [4.69, 9.17) is 0 Å². The van der Waals surface area contributed by atoms with Crippen LogP contribution >= 0.6 is 0 Å².